The van der Waals surface area contributed by atoms with Gasteiger partial charge in [0.25, 0.3) is 0 Å². The van der Waals surface area contributed by atoms with Crippen molar-refractivity contribution in [3.05, 3.63) is 47.8 Å². The molecular weight excluding hydrogens is 219 g/mol. The third-order valence-electron chi connectivity index (χ3n) is 2.74. The first-order chi connectivity index (χ1) is 8.16. The molecule has 90 valence electrons. The quantitative estimate of drug-likeness (QED) is 0.877. The van der Waals surface area contributed by atoms with E-state index >= 15 is 0 Å². The number of halogens is 1. The van der Waals surface area contributed by atoms with Gasteiger partial charge in [-0.1, -0.05) is 12.1 Å². The Balaban J connectivity index is 1.95. The van der Waals surface area contributed by atoms with Crippen LogP contribution < -0.4 is 5.32 Å². The number of benzene rings is 1. The van der Waals surface area contributed by atoms with Crippen LogP contribution in [0.1, 0.15) is 24.4 Å². The second-order valence-electron chi connectivity index (χ2n) is 4.01. The zero-order valence-corrected chi connectivity index (χ0v) is 9.89. The third kappa shape index (κ3) is 2.88. The molecule has 5 heteroatoms. The van der Waals surface area contributed by atoms with Gasteiger partial charge in [0.05, 0.1) is 6.54 Å². The van der Waals surface area contributed by atoms with E-state index in [1.807, 2.05) is 18.5 Å². The summed E-state index contributed by atoms with van der Waals surface area (Å²) in [5.74, 6) is 0.660. The van der Waals surface area contributed by atoms with Crippen LogP contribution in [0.3, 0.4) is 0 Å². The first-order valence-electron chi connectivity index (χ1n) is 5.48. The molecule has 17 heavy (non-hydrogen) atoms. The fourth-order valence-corrected chi connectivity index (χ4v) is 1.58. The maximum Gasteiger partial charge on any atom is 0.146 e. The van der Waals surface area contributed by atoms with E-state index in [2.05, 4.69) is 15.5 Å². The molecule has 0 radical (unpaired) electrons. The smallest absolute Gasteiger partial charge is 0.146 e. The van der Waals surface area contributed by atoms with Crippen molar-refractivity contribution in [2.75, 3.05) is 0 Å². The topological polar surface area (TPSA) is 42.7 Å². The number of nitrogens with zero attached hydrogens (tertiary/aromatic N) is 3. The zero-order valence-electron chi connectivity index (χ0n) is 9.89. The van der Waals surface area contributed by atoms with Crippen molar-refractivity contribution < 1.29 is 4.39 Å². The van der Waals surface area contributed by atoms with Gasteiger partial charge < -0.3 is 9.88 Å². The lowest BCUT2D eigenvalue weighted by Gasteiger charge is -2.13. The molecule has 2 rings (SSSR count). The molecule has 2 aromatic rings. The summed E-state index contributed by atoms with van der Waals surface area (Å²) in [5, 5.41) is 11.1. The van der Waals surface area contributed by atoms with Gasteiger partial charge in [0.15, 0.2) is 0 Å². The summed E-state index contributed by atoms with van der Waals surface area (Å²) >= 11 is 0. The Morgan fingerprint density at radius 2 is 2.06 bits per heavy atom. The molecule has 1 aromatic carbocycles. The molecule has 0 fully saturated rings. The highest BCUT2D eigenvalue weighted by Crippen LogP contribution is 2.13. The van der Waals surface area contributed by atoms with Crippen LogP contribution >= 0.6 is 0 Å². The van der Waals surface area contributed by atoms with Crippen molar-refractivity contribution in [3.8, 4) is 0 Å². The molecule has 1 atom stereocenters. The maximum atomic E-state index is 12.8. The summed E-state index contributed by atoms with van der Waals surface area (Å²) < 4.78 is 14.6. The molecule has 0 spiro atoms. The van der Waals surface area contributed by atoms with Gasteiger partial charge in [0.1, 0.15) is 18.0 Å². The van der Waals surface area contributed by atoms with Crippen LogP contribution in [0.2, 0.25) is 0 Å². The SMILES string of the molecule is C[C@H](NCc1nncn1C)c1ccc(F)cc1. The van der Waals surface area contributed by atoms with Crippen molar-refractivity contribution in [3.63, 3.8) is 0 Å². The Labute approximate surface area is 99.5 Å². The van der Waals surface area contributed by atoms with Crippen molar-refractivity contribution >= 4 is 0 Å². The monoisotopic (exact) mass is 234 g/mol. The summed E-state index contributed by atoms with van der Waals surface area (Å²) in [6.45, 7) is 2.67. The highest BCUT2D eigenvalue weighted by atomic mass is 19.1. The van der Waals surface area contributed by atoms with Crippen LogP contribution in [-0.2, 0) is 13.6 Å². The van der Waals surface area contributed by atoms with Gasteiger partial charge in [-0.15, -0.1) is 10.2 Å². The van der Waals surface area contributed by atoms with Crippen LogP contribution in [0.15, 0.2) is 30.6 Å². The molecule has 1 aromatic heterocycles. The lowest BCUT2D eigenvalue weighted by molar-refractivity contribution is 0.546. The molecular formula is C12H15FN4. The van der Waals surface area contributed by atoms with Crippen LogP contribution in [0.5, 0.6) is 0 Å². The van der Waals surface area contributed by atoms with Crippen LogP contribution in [0, 0.1) is 5.82 Å². The standard InChI is InChI=1S/C12H15FN4/c1-9(10-3-5-11(13)6-4-10)14-7-12-16-15-8-17(12)2/h3-6,8-9,14H,7H2,1-2H3/t9-/m0/s1. The fraction of sp³-hybridized carbons (Fsp3) is 0.333. The average molecular weight is 234 g/mol. The van der Waals surface area contributed by atoms with E-state index in [1.54, 1.807) is 18.5 Å². The number of aryl methyl sites for hydroxylation is 1. The van der Waals surface area contributed by atoms with Crippen LogP contribution in [-0.4, -0.2) is 14.8 Å². The minimum atomic E-state index is -0.214. The number of nitrogens with one attached hydrogen (secondary N) is 1. The Kier molecular flexibility index (Phi) is 3.49. The Morgan fingerprint density at radius 1 is 1.35 bits per heavy atom. The Hall–Kier alpha value is -1.75. The summed E-state index contributed by atoms with van der Waals surface area (Å²) in [7, 11) is 1.90. The first-order valence-corrected chi connectivity index (χ1v) is 5.48. The molecule has 0 aliphatic rings. The van der Waals surface area contributed by atoms with Gasteiger partial charge in [0.2, 0.25) is 0 Å². The van der Waals surface area contributed by atoms with Gasteiger partial charge >= 0.3 is 0 Å². The molecule has 1 N–H and O–H groups in total. The number of aromatic nitrogens is 3. The lowest BCUT2D eigenvalue weighted by Crippen LogP contribution is -2.20. The Bertz CT molecular complexity index is 478. The second kappa shape index (κ2) is 5.05. The highest BCUT2D eigenvalue weighted by Gasteiger charge is 2.07. The van der Waals surface area contributed by atoms with Gasteiger partial charge in [-0.3, -0.25) is 0 Å². The van der Waals surface area contributed by atoms with Gasteiger partial charge in [0, 0.05) is 13.1 Å². The zero-order chi connectivity index (χ0) is 12.3. The summed E-state index contributed by atoms with van der Waals surface area (Å²) in [4.78, 5) is 0. The van der Waals surface area contributed by atoms with Gasteiger partial charge in [-0.05, 0) is 24.6 Å². The van der Waals surface area contributed by atoms with E-state index in [0.717, 1.165) is 11.4 Å². The number of hydrogen-bond acceptors (Lipinski definition) is 3. The van der Waals surface area contributed by atoms with Crippen molar-refractivity contribution in [2.45, 2.75) is 19.5 Å². The predicted molar refractivity (Wildman–Crippen MR) is 62.7 cm³/mol. The van der Waals surface area contributed by atoms with E-state index in [0.29, 0.717) is 6.54 Å². The van der Waals surface area contributed by atoms with Crippen molar-refractivity contribution in [2.24, 2.45) is 7.05 Å². The molecule has 0 aliphatic carbocycles. The van der Waals surface area contributed by atoms with Crippen LogP contribution in [0.4, 0.5) is 4.39 Å². The van der Waals surface area contributed by atoms with E-state index in [1.165, 1.54) is 12.1 Å². The molecule has 0 bridgehead atoms. The van der Waals surface area contributed by atoms with Gasteiger partial charge in [-0.2, -0.15) is 0 Å². The molecule has 0 saturated carbocycles. The summed E-state index contributed by atoms with van der Waals surface area (Å²) in [5.41, 5.74) is 1.05. The molecule has 0 saturated heterocycles. The predicted octanol–water partition coefficient (Wildman–Crippen LogP) is 1.80. The largest absolute Gasteiger partial charge is 0.320 e. The molecule has 4 nitrogen and oxygen atoms in total. The minimum Gasteiger partial charge on any atom is -0.320 e. The molecule has 0 unspecified atom stereocenters. The number of rotatable bonds is 4. The summed E-state index contributed by atoms with van der Waals surface area (Å²) in [6, 6.07) is 6.64. The molecule has 1 heterocycles. The van der Waals surface area contributed by atoms with E-state index in [4.69, 9.17) is 0 Å². The first kappa shape index (κ1) is 11.7. The second-order valence-corrected chi connectivity index (χ2v) is 4.01. The van der Waals surface area contributed by atoms with Gasteiger partial charge in [-0.25, -0.2) is 4.39 Å². The Morgan fingerprint density at radius 3 is 2.65 bits per heavy atom. The lowest BCUT2D eigenvalue weighted by atomic mass is 10.1. The normalized spacial score (nSPS) is 12.6. The van der Waals surface area contributed by atoms with Crippen molar-refractivity contribution in [1.29, 1.82) is 0 Å². The average Bonchev–Trinajstić information content (AvgIpc) is 2.73. The maximum absolute atomic E-state index is 12.8. The fourth-order valence-electron chi connectivity index (χ4n) is 1.58. The van der Waals surface area contributed by atoms with E-state index < -0.39 is 0 Å². The molecule has 0 amide bonds. The summed E-state index contributed by atoms with van der Waals surface area (Å²) in [6.07, 6.45) is 1.67. The van der Waals surface area contributed by atoms with E-state index in [-0.39, 0.29) is 11.9 Å². The van der Waals surface area contributed by atoms with Crippen LogP contribution in [0.25, 0.3) is 0 Å². The van der Waals surface area contributed by atoms with E-state index in [9.17, 15) is 4.39 Å². The minimum absolute atomic E-state index is 0.146. The number of hydrogen-bond donors (Lipinski definition) is 1. The van der Waals surface area contributed by atoms with Crippen molar-refractivity contribution in [1.82, 2.24) is 20.1 Å². The third-order valence-corrected chi connectivity index (χ3v) is 2.74. The highest BCUT2D eigenvalue weighted by molar-refractivity contribution is 5.19. The molecule has 0 aliphatic heterocycles.